The molecule has 0 atom stereocenters. The minimum absolute atomic E-state index is 0.0145. The van der Waals surface area contributed by atoms with Gasteiger partial charge in [-0.05, 0) is 30.7 Å². The Morgan fingerprint density at radius 3 is 2.76 bits per heavy atom. The van der Waals surface area contributed by atoms with E-state index in [4.69, 9.17) is 5.14 Å². The number of nitrogens with two attached hydrogens (primary N) is 1. The van der Waals surface area contributed by atoms with Gasteiger partial charge in [-0.25, -0.2) is 18.5 Å². The van der Waals surface area contributed by atoms with Crippen LogP contribution in [0.25, 0.3) is 0 Å². The molecule has 0 fully saturated rings. The molecule has 1 heterocycles. The van der Waals surface area contributed by atoms with Crippen molar-refractivity contribution in [3.63, 3.8) is 0 Å². The largest absolute Gasteiger partial charge is 0.326 e. The van der Waals surface area contributed by atoms with Crippen LogP contribution >= 0.6 is 0 Å². The first-order chi connectivity index (χ1) is 9.86. The summed E-state index contributed by atoms with van der Waals surface area (Å²) in [4.78, 5) is 15.6. The highest BCUT2D eigenvalue weighted by Crippen LogP contribution is 2.19. The van der Waals surface area contributed by atoms with E-state index in [2.05, 4.69) is 15.4 Å². The molecule has 8 nitrogen and oxygen atoms in total. The summed E-state index contributed by atoms with van der Waals surface area (Å²) in [6.45, 7) is 2.11. The normalized spacial score (nSPS) is 11.3. The number of sulfonamides is 1. The Hall–Kier alpha value is -2.26. The maximum absolute atomic E-state index is 11.8. The van der Waals surface area contributed by atoms with Gasteiger partial charge in [0.25, 0.3) is 0 Å². The number of hydrogen-bond donors (Lipinski definition) is 2. The maximum atomic E-state index is 11.8. The zero-order valence-electron chi connectivity index (χ0n) is 11.4. The van der Waals surface area contributed by atoms with Crippen LogP contribution < -0.4 is 10.5 Å². The van der Waals surface area contributed by atoms with Gasteiger partial charge in [0.1, 0.15) is 12.7 Å². The molecule has 1 amide bonds. The van der Waals surface area contributed by atoms with Gasteiger partial charge in [-0.1, -0.05) is 0 Å². The van der Waals surface area contributed by atoms with Crippen LogP contribution in [0.1, 0.15) is 12.0 Å². The number of carbonyl (C=O) groups is 1. The molecular weight excluding hydrogens is 294 g/mol. The highest BCUT2D eigenvalue weighted by molar-refractivity contribution is 7.89. The zero-order valence-corrected chi connectivity index (χ0v) is 12.2. The number of rotatable bonds is 5. The highest BCUT2D eigenvalue weighted by atomic mass is 32.2. The summed E-state index contributed by atoms with van der Waals surface area (Å²) in [7, 11) is -3.74. The minimum Gasteiger partial charge on any atom is -0.326 e. The molecule has 3 N–H and O–H groups in total. The Bertz CT molecular complexity index is 740. The second kappa shape index (κ2) is 6.02. The van der Waals surface area contributed by atoms with Crippen LogP contribution in [0.15, 0.2) is 35.7 Å². The fraction of sp³-hybridized carbons (Fsp3) is 0.250. The van der Waals surface area contributed by atoms with Crippen LogP contribution in [0, 0.1) is 6.92 Å². The third-order valence-electron chi connectivity index (χ3n) is 2.84. The summed E-state index contributed by atoms with van der Waals surface area (Å²) in [5, 5.41) is 11.7. The van der Waals surface area contributed by atoms with Crippen LogP contribution in [0.4, 0.5) is 5.69 Å². The number of nitrogens with zero attached hydrogens (tertiary/aromatic N) is 3. The van der Waals surface area contributed by atoms with E-state index in [0.29, 0.717) is 17.8 Å². The molecule has 1 aromatic heterocycles. The number of anilines is 1. The van der Waals surface area contributed by atoms with Crippen molar-refractivity contribution >= 4 is 21.6 Å². The van der Waals surface area contributed by atoms with E-state index in [9.17, 15) is 13.2 Å². The monoisotopic (exact) mass is 309 g/mol. The van der Waals surface area contributed by atoms with Crippen molar-refractivity contribution < 1.29 is 13.2 Å². The first kappa shape index (κ1) is 15.1. The molecule has 2 rings (SSSR count). The van der Waals surface area contributed by atoms with Gasteiger partial charge < -0.3 is 5.32 Å². The van der Waals surface area contributed by atoms with Crippen molar-refractivity contribution in [2.75, 3.05) is 5.32 Å². The van der Waals surface area contributed by atoms with Crippen LogP contribution in [0.5, 0.6) is 0 Å². The SMILES string of the molecule is Cc1cc(S(N)(=O)=O)ccc1NC(=O)CCn1cncn1. The van der Waals surface area contributed by atoms with Crippen molar-refractivity contribution in [1.29, 1.82) is 0 Å². The van der Waals surface area contributed by atoms with E-state index in [1.54, 1.807) is 11.6 Å². The van der Waals surface area contributed by atoms with E-state index in [0.717, 1.165) is 0 Å². The standard InChI is InChI=1S/C12H15N5O3S/c1-9-6-10(21(13,19)20)2-3-11(9)16-12(18)4-5-17-8-14-7-15-17/h2-3,6-8H,4-5H2,1H3,(H,16,18)(H2,13,19,20). The molecule has 1 aromatic carbocycles. The number of aromatic nitrogens is 3. The summed E-state index contributed by atoms with van der Waals surface area (Å²) >= 11 is 0. The highest BCUT2D eigenvalue weighted by Gasteiger charge is 2.11. The number of aryl methyl sites for hydroxylation is 2. The van der Waals surface area contributed by atoms with Gasteiger partial charge in [-0.2, -0.15) is 5.10 Å². The molecule has 21 heavy (non-hydrogen) atoms. The number of primary sulfonamides is 1. The lowest BCUT2D eigenvalue weighted by molar-refractivity contribution is -0.116. The van der Waals surface area contributed by atoms with Gasteiger partial charge in [-0.15, -0.1) is 0 Å². The number of carbonyl (C=O) groups excluding carboxylic acids is 1. The van der Waals surface area contributed by atoms with Crippen molar-refractivity contribution in [2.24, 2.45) is 5.14 Å². The van der Waals surface area contributed by atoms with E-state index >= 15 is 0 Å². The second-order valence-electron chi connectivity index (χ2n) is 4.48. The number of nitrogens with one attached hydrogen (secondary N) is 1. The third kappa shape index (κ3) is 4.10. The molecule has 112 valence electrons. The summed E-state index contributed by atoms with van der Waals surface area (Å²) in [5.41, 5.74) is 1.17. The van der Waals surface area contributed by atoms with Gasteiger partial charge in [0.05, 0.1) is 11.4 Å². The number of benzene rings is 1. The lowest BCUT2D eigenvalue weighted by Gasteiger charge is -2.09. The average molecular weight is 309 g/mol. The van der Waals surface area contributed by atoms with E-state index in [1.807, 2.05) is 0 Å². The number of amides is 1. The van der Waals surface area contributed by atoms with Gasteiger partial charge in [0.2, 0.25) is 15.9 Å². The van der Waals surface area contributed by atoms with Crippen LogP contribution in [0.2, 0.25) is 0 Å². The molecule has 0 aliphatic rings. The predicted octanol–water partition coefficient (Wildman–Crippen LogP) is 0.263. The Labute approximate surface area is 122 Å². The smallest absolute Gasteiger partial charge is 0.238 e. The van der Waals surface area contributed by atoms with Crippen LogP contribution in [-0.4, -0.2) is 29.1 Å². The van der Waals surface area contributed by atoms with Gasteiger partial charge in [-0.3, -0.25) is 9.48 Å². The van der Waals surface area contributed by atoms with Crippen molar-refractivity contribution in [1.82, 2.24) is 14.8 Å². The van der Waals surface area contributed by atoms with Crippen LogP contribution in [0.3, 0.4) is 0 Å². The second-order valence-corrected chi connectivity index (χ2v) is 6.04. The summed E-state index contributed by atoms with van der Waals surface area (Å²) in [6, 6.07) is 4.29. The van der Waals surface area contributed by atoms with Gasteiger partial charge in [0, 0.05) is 12.1 Å². The van der Waals surface area contributed by atoms with E-state index in [1.165, 1.54) is 30.9 Å². The maximum Gasteiger partial charge on any atom is 0.238 e. The molecule has 0 aliphatic carbocycles. The Kier molecular flexibility index (Phi) is 4.34. The third-order valence-corrected chi connectivity index (χ3v) is 3.75. The Morgan fingerprint density at radius 1 is 1.43 bits per heavy atom. The molecule has 9 heteroatoms. The fourth-order valence-corrected chi connectivity index (χ4v) is 2.33. The average Bonchev–Trinajstić information content (AvgIpc) is 2.91. The first-order valence-electron chi connectivity index (χ1n) is 6.12. The Morgan fingerprint density at radius 2 is 2.19 bits per heavy atom. The van der Waals surface area contributed by atoms with Crippen molar-refractivity contribution in [3.05, 3.63) is 36.4 Å². The lowest BCUT2D eigenvalue weighted by Crippen LogP contribution is -2.16. The summed E-state index contributed by atoms with van der Waals surface area (Å²) in [5.74, 6) is -0.197. The first-order valence-corrected chi connectivity index (χ1v) is 7.66. The van der Waals surface area contributed by atoms with Crippen LogP contribution in [-0.2, 0) is 21.4 Å². The van der Waals surface area contributed by atoms with E-state index in [-0.39, 0.29) is 17.2 Å². The zero-order chi connectivity index (χ0) is 15.5. The molecule has 2 aromatic rings. The Balaban J connectivity index is 2.01. The summed E-state index contributed by atoms with van der Waals surface area (Å²) < 4.78 is 24.0. The molecule has 0 saturated carbocycles. The van der Waals surface area contributed by atoms with E-state index < -0.39 is 10.0 Å². The fourth-order valence-electron chi connectivity index (χ4n) is 1.73. The van der Waals surface area contributed by atoms with Crippen molar-refractivity contribution in [2.45, 2.75) is 24.8 Å². The molecule has 0 saturated heterocycles. The number of hydrogen-bond acceptors (Lipinski definition) is 5. The molecule has 0 unspecified atom stereocenters. The minimum atomic E-state index is -3.74. The quantitative estimate of drug-likeness (QED) is 0.821. The topological polar surface area (TPSA) is 120 Å². The van der Waals surface area contributed by atoms with Gasteiger partial charge in [0.15, 0.2) is 0 Å². The van der Waals surface area contributed by atoms with Crippen molar-refractivity contribution in [3.8, 4) is 0 Å². The predicted molar refractivity (Wildman–Crippen MR) is 75.8 cm³/mol. The molecular formula is C12H15N5O3S. The molecule has 0 spiro atoms. The van der Waals surface area contributed by atoms with Gasteiger partial charge >= 0.3 is 0 Å². The summed E-state index contributed by atoms with van der Waals surface area (Å²) in [6.07, 6.45) is 3.16. The molecule has 0 bridgehead atoms. The lowest BCUT2D eigenvalue weighted by atomic mass is 10.2. The molecule has 0 aliphatic heterocycles. The molecule has 0 radical (unpaired) electrons.